The Bertz CT molecular complexity index is 933. The SMILES string of the molecule is C[Si](C)(/C=C/C=C/C(=C/c1ccccc1)c1ccccc1)Cc1ccccc1. The van der Waals surface area contributed by atoms with Gasteiger partial charge in [-0.2, -0.15) is 0 Å². The standard InChI is InChI=1S/C27H28Si/c1-28(2,23-25-16-8-4-9-17-25)21-13-12-20-27(26-18-10-5-11-19-26)22-24-14-6-3-7-15-24/h3-22H,23H2,1-2H3/b20-12+,21-13+,27-22-. The molecule has 0 aliphatic heterocycles. The van der Waals surface area contributed by atoms with Crippen LogP contribution in [0.3, 0.4) is 0 Å². The second-order valence-corrected chi connectivity index (χ2v) is 12.4. The van der Waals surface area contributed by atoms with Crippen molar-refractivity contribution < 1.29 is 0 Å². The zero-order chi connectivity index (χ0) is 19.7. The summed E-state index contributed by atoms with van der Waals surface area (Å²) < 4.78 is 0. The molecule has 0 aliphatic rings. The van der Waals surface area contributed by atoms with E-state index in [2.05, 4.69) is 134 Å². The molecule has 0 aliphatic carbocycles. The van der Waals surface area contributed by atoms with Crippen LogP contribution in [0.15, 0.2) is 115 Å². The van der Waals surface area contributed by atoms with Crippen LogP contribution >= 0.6 is 0 Å². The van der Waals surface area contributed by atoms with Crippen molar-refractivity contribution in [3.05, 3.63) is 132 Å². The van der Waals surface area contributed by atoms with Crippen molar-refractivity contribution in [2.45, 2.75) is 19.1 Å². The zero-order valence-corrected chi connectivity index (χ0v) is 17.8. The minimum absolute atomic E-state index is 1.17. The summed E-state index contributed by atoms with van der Waals surface area (Å²) in [7, 11) is -1.42. The molecule has 3 aromatic carbocycles. The van der Waals surface area contributed by atoms with Crippen LogP contribution in [0.5, 0.6) is 0 Å². The Labute approximate surface area is 170 Å². The van der Waals surface area contributed by atoms with E-state index < -0.39 is 8.07 Å². The normalized spacial score (nSPS) is 12.7. The van der Waals surface area contributed by atoms with Gasteiger partial charge < -0.3 is 0 Å². The first-order chi connectivity index (χ1) is 13.6. The molecule has 0 spiro atoms. The molecule has 3 aromatic rings. The van der Waals surface area contributed by atoms with Gasteiger partial charge >= 0.3 is 0 Å². The highest BCUT2D eigenvalue weighted by atomic mass is 28.3. The molecule has 0 atom stereocenters. The second-order valence-electron chi connectivity index (χ2n) is 7.75. The van der Waals surface area contributed by atoms with Gasteiger partial charge in [0.25, 0.3) is 0 Å². The smallest absolute Gasteiger partial charge is 0.0760 e. The number of allylic oxidation sites excluding steroid dienone is 4. The predicted molar refractivity (Wildman–Crippen MR) is 127 cm³/mol. The van der Waals surface area contributed by atoms with Gasteiger partial charge in [-0.3, -0.25) is 0 Å². The van der Waals surface area contributed by atoms with Crippen LogP contribution in [0.4, 0.5) is 0 Å². The number of benzene rings is 3. The van der Waals surface area contributed by atoms with Crippen LogP contribution in [0.25, 0.3) is 11.6 Å². The van der Waals surface area contributed by atoms with Crippen molar-refractivity contribution in [2.75, 3.05) is 0 Å². The van der Waals surface area contributed by atoms with Crippen LogP contribution in [0.1, 0.15) is 16.7 Å². The van der Waals surface area contributed by atoms with E-state index in [-0.39, 0.29) is 0 Å². The molecule has 0 nitrogen and oxygen atoms in total. The third-order valence-corrected chi connectivity index (χ3v) is 7.08. The van der Waals surface area contributed by atoms with Gasteiger partial charge in [0.05, 0.1) is 8.07 Å². The van der Waals surface area contributed by atoms with Gasteiger partial charge in [-0.15, -0.1) is 0 Å². The molecule has 0 aromatic heterocycles. The van der Waals surface area contributed by atoms with E-state index in [1.165, 1.54) is 28.3 Å². The molecule has 0 N–H and O–H groups in total. The summed E-state index contributed by atoms with van der Waals surface area (Å²) in [6.07, 6.45) is 8.87. The van der Waals surface area contributed by atoms with Crippen LogP contribution < -0.4 is 0 Å². The second kappa shape index (κ2) is 9.87. The fourth-order valence-corrected chi connectivity index (χ4v) is 5.28. The highest BCUT2D eigenvalue weighted by Crippen LogP contribution is 2.20. The van der Waals surface area contributed by atoms with Crippen molar-refractivity contribution in [3.8, 4) is 0 Å². The first-order valence-electron chi connectivity index (χ1n) is 9.84. The zero-order valence-electron chi connectivity index (χ0n) is 16.8. The van der Waals surface area contributed by atoms with Crippen molar-refractivity contribution in [3.63, 3.8) is 0 Å². The van der Waals surface area contributed by atoms with E-state index in [4.69, 9.17) is 0 Å². The molecule has 0 saturated heterocycles. The Morgan fingerprint density at radius 2 is 1.29 bits per heavy atom. The molecule has 0 saturated carbocycles. The highest BCUT2D eigenvalue weighted by Gasteiger charge is 2.16. The summed E-state index contributed by atoms with van der Waals surface area (Å²) in [5.41, 5.74) is 7.54. The van der Waals surface area contributed by atoms with Gasteiger partial charge in [0, 0.05) is 0 Å². The average molecular weight is 381 g/mol. The summed E-state index contributed by atoms with van der Waals surface area (Å²) in [4.78, 5) is 0. The molecule has 140 valence electrons. The van der Waals surface area contributed by atoms with Crippen molar-refractivity contribution in [1.82, 2.24) is 0 Å². The minimum Gasteiger partial charge on any atom is -0.0944 e. The Balaban J connectivity index is 1.76. The summed E-state index contributed by atoms with van der Waals surface area (Å²) in [6, 6.07) is 33.0. The molecule has 3 rings (SSSR count). The highest BCUT2D eigenvalue weighted by molar-refractivity contribution is 6.81. The van der Waals surface area contributed by atoms with Crippen molar-refractivity contribution >= 4 is 19.7 Å². The first kappa shape index (κ1) is 19.8. The Hall–Kier alpha value is -2.90. The maximum absolute atomic E-state index is 2.43. The van der Waals surface area contributed by atoms with E-state index >= 15 is 0 Å². The van der Waals surface area contributed by atoms with Crippen molar-refractivity contribution in [2.24, 2.45) is 0 Å². The molecule has 0 bridgehead atoms. The molecule has 0 fully saturated rings. The molecule has 0 heterocycles. The van der Waals surface area contributed by atoms with E-state index in [0.29, 0.717) is 0 Å². The third-order valence-electron chi connectivity index (χ3n) is 4.67. The lowest BCUT2D eigenvalue weighted by atomic mass is 10.0. The van der Waals surface area contributed by atoms with E-state index in [0.717, 1.165) is 0 Å². The maximum Gasteiger partial charge on any atom is 0.0760 e. The summed E-state index contributed by atoms with van der Waals surface area (Å²) in [5.74, 6) is 0. The predicted octanol–water partition coefficient (Wildman–Crippen LogP) is 7.37. The number of rotatable bonds is 7. The number of hydrogen-bond donors (Lipinski definition) is 0. The van der Waals surface area contributed by atoms with Crippen LogP contribution in [-0.2, 0) is 6.04 Å². The van der Waals surface area contributed by atoms with Gasteiger partial charge in [-0.25, -0.2) is 0 Å². The molecular formula is C27H28Si. The third kappa shape index (κ3) is 6.36. The van der Waals surface area contributed by atoms with Gasteiger partial charge in [-0.05, 0) is 28.8 Å². The number of hydrogen-bond acceptors (Lipinski definition) is 0. The summed E-state index contributed by atoms with van der Waals surface area (Å²) in [5, 5.41) is 0. The molecule has 28 heavy (non-hydrogen) atoms. The lowest BCUT2D eigenvalue weighted by molar-refractivity contribution is 1.32. The largest absolute Gasteiger partial charge is 0.0944 e. The maximum atomic E-state index is 2.43. The van der Waals surface area contributed by atoms with E-state index in [1.807, 2.05) is 0 Å². The topological polar surface area (TPSA) is 0 Å². The van der Waals surface area contributed by atoms with E-state index in [9.17, 15) is 0 Å². The molecular weight excluding hydrogens is 352 g/mol. The fourth-order valence-electron chi connectivity index (χ4n) is 3.24. The van der Waals surface area contributed by atoms with Gasteiger partial charge in [0.1, 0.15) is 0 Å². The summed E-state index contributed by atoms with van der Waals surface area (Å²) in [6.45, 7) is 4.84. The average Bonchev–Trinajstić information content (AvgIpc) is 2.72. The first-order valence-corrected chi connectivity index (χ1v) is 13.1. The Morgan fingerprint density at radius 1 is 0.714 bits per heavy atom. The lowest BCUT2D eigenvalue weighted by Crippen LogP contribution is -2.26. The quantitative estimate of drug-likeness (QED) is 0.228. The minimum atomic E-state index is -1.42. The lowest BCUT2D eigenvalue weighted by Gasteiger charge is -2.17. The van der Waals surface area contributed by atoms with E-state index in [1.54, 1.807) is 0 Å². The van der Waals surface area contributed by atoms with Gasteiger partial charge in [-0.1, -0.05) is 134 Å². The Kier molecular flexibility index (Phi) is 6.99. The van der Waals surface area contributed by atoms with Crippen LogP contribution in [0.2, 0.25) is 13.1 Å². The fraction of sp³-hybridized carbons (Fsp3) is 0.111. The van der Waals surface area contributed by atoms with Crippen molar-refractivity contribution in [1.29, 1.82) is 0 Å². The Morgan fingerprint density at radius 3 is 1.93 bits per heavy atom. The molecule has 1 heteroatoms. The molecule has 0 unspecified atom stereocenters. The van der Waals surface area contributed by atoms with Crippen LogP contribution in [0, 0.1) is 0 Å². The van der Waals surface area contributed by atoms with Gasteiger partial charge in [0.2, 0.25) is 0 Å². The van der Waals surface area contributed by atoms with Crippen LogP contribution in [-0.4, -0.2) is 8.07 Å². The summed E-state index contributed by atoms with van der Waals surface area (Å²) >= 11 is 0. The molecule has 0 amide bonds. The molecule has 0 radical (unpaired) electrons. The monoisotopic (exact) mass is 380 g/mol. The van der Waals surface area contributed by atoms with Gasteiger partial charge in [0.15, 0.2) is 0 Å².